The molecule has 1 saturated carbocycles. The van der Waals surface area contributed by atoms with Gasteiger partial charge in [-0.25, -0.2) is 0 Å². The van der Waals surface area contributed by atoms with Gasteiger partial charge in [0.1, 0.15) is 11.5 Å². The van der Waals surface area contributed by atoms with Gasteiger partial charge >= 0.3 is 0 Å². The zero-order valence-corrected chi connectivity index (χ0v) is 18.6. The number of pyridine rings is 1. The molecule has 5 rings (SSSR count). The Kier molecular flexibility index (Phi) is 5.25. The Hall–Kier alpha value is -3.18. The molecule has 1 fully saturated rings. The molecule has 2 aromatic rings. The quantitative estimate of drug-likeness (QED) is 0.649. The Morgan fingerprint density at radius 1 is 1.27 bits per heavy atom. The number of allylic oxidation sites excluding steroid dienone is 4. The van der Waals surface area contributed by atoms with Crippen LogP contribution in [0.2, 0.25) is 0 Å². The second-order valence-corrected chi connectivity index (χ2v) is 8.91. The van der Waals surface area contributed by atoms with Crippen molar-refractivity contribution in [3.8, 4) is 17.6 Å². The Morgan fingerprint density at radius 2 is 2.06 bits per heavy atom. The first kappa shape index (κ1) is 21.7. The van der Waals surface area contributed by atoms with Crippen molar-refractivity contribution in [3.05, 3.63) is 77.7 Å². The molecule has 7 heteroatoms. The predicted octanol–water partition coefficient (Wildman–Crippen LogP) is 2.40. The van der Waals surface area contributed by atoms with E-state index in [1.165, 1.54) is 13.3 Å². The predicted molar refractivity (Wildman–Crippen MR) is 121 cm³/mol. The molecule has 1 unspecified atom stereocenters. The highest BCUT2D eigenvalue weighted by Gasteiger charge is 2.77. The molecule has 1 aromatic heterocycles. The van der Waals surface area contributed by atoms with Crippen molar-refractivity contribution < 1.29 is 19.7 Å². The summed E-state index contributed by atoms with van der Waals surface area (Å²) in [5.41, 5.74) is -1.47. The highest BCUT2D eigenvalue weighted by molar-refractivity contribution is 5.58. The summed E-state index contributed by atoms with van der Waals surface area (Å²) in [7, 11) is 3.35. The van der Waals surface area contributed by atoms with Crippen LogP contribution in [0.1, 0.15) is 23.1 Å². The number of aliphatic hydroxyl groups is 2. The van der Waals surface area contributed by atoms with Gasteiger partial charge in [-0.15, -0.1) is 0 Å². The summed E-state index contributed by atoms with van der Waals surface area (Å²) in [6.07, 6.45) is 11.0. The van der Waals surface area contributed by atoms with Crippen molar-refractivity contribution in [1.82, 2.24) is 10.3 Å². The van der Waals surface area contributed by atoms with Gasteiger partial charge in [0.25, 0.3) is 0 Å². The summed E-state index contributed by atoms with van der Waals surface area (Å²) in [5.74, 6) is 0.177. The highest BCUT2D eigenvalue weighted by atomic mass is 16.5. The summed E-state index contributed by atoms with van der Waals surface area (Å²) < 4.78 is 12.3. The second kappa shape index (κ2) is 7.99. The van der Waals surface area contributed by atoms with E-state index in [4.69, 9.17) is 9.47 Å². The minimum absolute atomic E-state index is 0.0148. The number of ether oxygens (including phenoxy) is 2. The minimum Gasteiger partial charge on any atom is -0.495 e. The lowest BCUT2D eigenvalue weighted by atomic mass is 9.67. The van der Waals surface area contributed by atoms with Crippen LogP contribution in [-0.2, 0) is 11.2 Å². The van der Waals surface area contributed by atoms with Crippen LogP contribution in [0, 0.1) is 29.1 Å². The van der Waals surface area contributed by atoms with E-state index < -0.39 is 17.3 Å². The van der Waals surface area contributed by atoms with Crippen LogP contribution >= 0.6 is 0 Å². The molecule has 0 spiro atoms. The van der Waals surface area contributed by atoms with Crippen LogP contribution in [0.3, 0.4) is 0 Å². The molecular formula is C26H27N3O4. The molecule has 6 atom stereocenters. The number of fused-ring (bicyclic) bond motifs is 3. The zero-order valence-electron chi connectivity index (χ0n) is 18.6. The smallest absolute Gasteiger partial charge is 0.173 e. The number of nitrogens with one attached hydrogen (secondary N) is 1. The maximum Gasteiger partial charge on any atom is 0.173 e. The lowest BCUT2D eigenvalue weighted by Crippen LogP contribution is -2.53. The lowest BCUT2D eigenvalue weighted by molar-refractivity contribution is -0.160. The fourth-order valence-electron chi connectivity index (χ4n) is 6.19. The fraction of sp³-hybridized carbons (Fsp3) is 0.385. The first-order chi connectivity index (χ1) is 16.0. The van der Waals surface area contributed by atoms with Crippen molar-refractivity contribution in [3.63, 3.8) is 0 Å². The molecule has 33 heavy (non-hydrogen) atoms. The Morgan fingerprint density at radius 3 is 2.70 bits per heavy atom. The van der Waals surface area contributed by atoms with E-state index in [1.54, 1.807) is 18.3 Å². The summed E-state index contributed by atoms with van der Waals surface area (Å²) in [6, 6.07) is 9.22. The van der Waals surface area contributed by atoms with E-state index >= 15 is 0 Å². The average molecular weight is 446 g/mol. The zero-order chi connectivity index (χ0) is 23.2. The monoisotopic (exact) mass is 445 g/mol. The molecule has 2 aliphatic carbocycles. The van der Waals surface area contributed by atoms with Gasteiger partial charge in [0, 0.05) is 18.4 Å². The number of nitrogens with zero attached hydrogens (tertiary/aromatic N) is 2. The summed E-state index contributed by atoms with van der Waals surface area (Å²) in [4.78, 5) is 4.23. The largest absolute Gasteiger partial charge is 0.495 e. The highest BCUT2D eigenvalue weighted by Crippen LogP contribution is 2.68. The van der Waals surface area contributed by atoms with E-state index in [1.807, 2.05) is 31.3 Å². The molecule has 0 radical (unpaired) electrons. The van der Waals surface area contributed by atoms with E-state index in [2.05, 4.69) is 28.5 Å². The maximum absolute atomic E-state index is 12.6. The van der Waals surface area contributed by atoms with E-state index in [0.29, 0.717) is 34.7 Å². The molecule has 7 nitrogen and oxygen atoms in total. The first-order valence-corrected chi connectivity index (χ1v) is 11.1. The Labute approximate surface area is 193 Å². The minimum atomic E-state index is -1.79. The first-order valence-electron chi connectivity index (χ1n) is 11.1. The number of hydrogen-bond acceptors (Lipinski definition) is 7. The topological polar surface area (TPSA) is 108 Å². The van der Waals surface area contributed by atoms with Gasteiger partial charge in [0.05, 0.1) is 42.8 Å². The molecular weight excluding hydrogens is 418 g/mol. The third-order valence-electron chi connectivity index (χ3n) is 7.44. The second-order valence-electron chi connectivity index (χ2n) is 8.91. The third-order valence-corrected chi connectivity index (χ3v) is 7.44. The van der Waals surface area contributed by atoms with Crippen LogP contribution in [0.15, 0.2) is 61.0 Å². The lowest BCUT2D eigenvalue weighted by Gasteiger charge is -2.43. The van der Waals surface area contributed by atoms with Gasteiger partial charge < -0.3 is 25.0 Å². The van der Waals surface area contributed by atoms with Gasteiger partial charge in [0.15, 0.2) is 11.2 Å². The molecule has 0 saturated heterocycles. The van der Waals surface area contributed by atoms with Crippen molar-refractivity contribution in [2.24, 2.45) is 17.8 Å². The van der Waals surface area contributed by atoms with Crippen molar-refractivity contribution in [1.29, 1.82) is 5.26 Å². The molecule has 170 valence electrons. The van der Waals surface area contributed by atoms with Crippen LogP contribution in [0.5, 0.6) is 11.5 Å². The number of aliphatic hydroxyl groups excluding tert-OH is 1. The molecule has 3 N–H and O–H groups in total. The number of rotatable bonds is 5. The molecule has 0 bridgehead atoms. The Bertz CT molecular complexity index is 1160. The van der Waals surface area contributed by atoms with E-state index in [-0.39, 0.29) is 17.8 Å². The fourth-order valence-corrected chi connectivity index (χ4v) is 6.19. The maximum atomic E-state index is 12.6. The molecule has 1 aliphatic heterocycles. The molecule has 3 aliphatic rings. The molecule has 0 amide bonds. The number of aromatic nitrogens is 1. The SMILES string of the molecule is CNC[C@@H]1C([C@H]2C=CC=CC2)[C@]2(c3ccc(C#N)cc3)Oc3cncc(OC)c3[C@]2(O)[C@@H]1O. The summed E-state index contributed by atoms with van der Waals surface area (Å²) in [6.45, 7) is 0.492. The number of methoxy groups -OCH3 is 1. The number of hydrogen-bond donors (Lipinski definition) is 3. The van der Waals surface area contributed by atoms with Crippen LogP contribution in [0.4, 0.5) is 0 Å². The van der Waals surface area contributed by atoms with Crippen LogP contribution in [-0.4, -0.2) is 42.0 Å². The average Bonchev–Trinajstić information content (AvgIpc) is 3.23. The van der Waals surface area contributed by atoms with Gasteiger partial charge in [-0.2, -0.15) is 5.26 Å². The number of benzene rings is 1. The third kappa shape index (κ3) is 2.81. The standard InChI is InChI=1S/C26H27N3O4/c1-28-13-19-22(17-6-4-3-5-7-17)26(18-10-8-16(12-27)9-11-18)25(31,24(19)30)23-20(32-2)14-29-15-21(23)33-26/h3-6,8-11,14-15,17,19,22,24,28,30-31H,7,13H2,1-2H3/t17-,19+,22?,24+,25-,26-/m0/s1. The van der Waals surface area contributed by atoms with Gasteiger partial charge in [0.2, 0.25) is 0 Å². The van der Waals surface area contributed by atoms with Gasteiger partial charge in [-0.05, 0) is 37.1 Å². The van der Waals surface area contributed by atoms with Crippen LogP contribution < -0.4 is 14.8 Å². The van der Waals surface area contributed by atoms with Crippen molar-refractivity contribution in [2.75, 3.05) is 20.7 Å². The molecule has 1 aromatic carbocycles. The summed E-state index contributed by atoms with van der Waals surface area (Å²) >= 11 is 0. The van der Waals surface area contributed by atoms with Gasteiger partial charge in [-0.1, -0.05) is 36.4 Å². The van der Waals surface area contributed by atoms with E-state index in [0.717, 1.165) is 6.42 Å². The Balaban J connectivity index is 1.81. The normalized spacial score (nSPS) is 33.8. The van der Waals surface area contributed by atoms with Crippen LogP contribution in [0.25, 0.3) is 0 Å². The molecule has 2 heterocycles. The van der Waals surface area contributed by atoms with E-state index in [9.17, 15) is 15.5 Å². The van der Waals surface area contributed by atoms with Gasteiger partial charge in [-0.3, -0.25) is 4.98 Å². The van der Waals surface area contributed by atoms with Crippen molar-refractivity contribution >= 4 is 0 Å². The summed E-state index contributed by atoms with van der Waals surface area (Å²) in [5, 5.41) is 36.9. The number of nitriles is 1. The van der Waals surface area contributed by atoms with Crippen molar-refractivity contribution in [2.45, 2.75) is 23.7 Å².